The summed E-state index contributed by atoms with van der Waals surface area (Å²) in [5.41, 5.74) is 3.28. The predicted octanol–water partition coefficient (Wildman–Crippen LogP) is 3.50. The summed E-state index contributed by atoms with van der Waals surface area (Å²) in [4.78, 5) is 14.5. The summed E-state index contributed by atoms with van der Waals surface area (Å²) in [6.07, 6.45) is 4.00. The van der Waals surface area contributed by atoms with Crippen molar-refractivity contribution in [1.29, 1.82) is 0 Å². The highest BCUT2D eigenvalue weighted by atomic mass is 16.3. The molecule has 1 aliphatic rings. The highest BCUT2D eigenvalue weighted by Crippen LogP contribution is 2.28. The number of furan rings is 1. The van der Waals surface area contributed by atoms with E-state index >= 15 is 0 Å². The number of benzene rings is 1. The Morgan fingerprint density at radius 2 is 2.09 bits per heavy atom. The van der Waals surface area contributed by atoms with Crippen LogP contribution in [0.5, 0.6) is 0 Å². The van der Waals surface area contributed by atoms with E-state index in [2.05, 4.69) is 24.1 Å². The third kappa shape index (κ3) is 3.77. The van der Waals surface area contributed by atoms with E-state index < -0.39 is 0 Å². The van der Waals surface area contributed by atoms with Crippen LogP contribution >= 0.6 is 0 Å². The average Bonchev–Trinajstić information content (AvgIpc) is 3.21. The second-order valence-corrected chi connectivity index (χ2v) is 6.06. The van der Waals surface area contributed by atoms with Crippen LogP contribution in [0.1, 0.15) is 29.7 Å². The molecule has 1 aliphatic carbocycles. The van der Waals surface area contributed by atoms with Crippen LogP contribution in [0.3, 0.4) is 0 Å². The minimum absolute atomic E-state index is 0.0294. The number of carbonyl (C=O) groups is 1. The molecule has 4 heteroatoms. The lowest BCUT2D eigenvalue weighted by Gasteiger charge is -2.20. The van der Waals surface area contributed by atoms with Crippen molar-refractivity contribution in [1.82, 2.24) is 4.90 Å². The molecule has 1 amide bonds. The fourth-order valence-electron chi connectivity index (χ4n) is 2.56. The van der Waals surface area contributed by atoms with Gasteiger partial charge in [0.25, 0.3) is 0 Å². The number of hydrogen-bond donors (Lipinski definition) is 1. The summed E-state index contributed by atoms with van der Waals surface area (Å²) in [7, 11) is 0. The molecular weight excluding hydrogens is 276 g/mol. The van der Waals surface area contributed by atoms with Crippen molar-refractivity contribution in [3.63, 3.8) is 0 Å². The molecule has 2 aromatic rings. The van der Waals surface area contributed by atoms with E-state index in [1.54, 1.807) is 6.26 Å². The summed E-state index contributed by atoms with van der Waals surface area (Å²) in [5.74, 6) is 0.938. The fraction of sp³-hybridized carbons (Fsp3) is 0.389. The molecule has 4 nitrogen and oxygen atoms in total. The summed E-state index contributed by atoms with van der Waals surface area (Å²) in [5, 5.41) is 2.99. The Labute approximate surface area is 131 Å². The molecule has 3 rings (SSSR count). The van der Waals surface area contributed by atoms with E-state index in [1.165, 1.54) is 11.1 Å². The lowest BCUT2D eigenvalue weighted by atomic mass is 10.1. The summed E-state index contributed by atoms with van der Waals surface area (Å²) >= 11 is 0. The normalized spacial score (nSPS) is 14.3. The molecule has 0 atom stereocenters. The summed E-state index contributed by atoms with van der Waals surface area (Å²) in [6.45, 7) is 5.22. The Kier molecular flexibility index (Phi) is 4.29. The minimum atomic E-state index is 0.0294. The van der Waals surface area contributed by atoms with Crippen molar-refractivity contribution >= 4 is 11.6 Å². The Morgan fingerprint density at radius 1 is 1.27 bits per heavy atom. The van der Waals surface area contributed by atoms with E-state index in [0.29, 0.717) is 19.1 Å². The first kappa shape index (κ1) is 14.9. The van der Waals surface area contributed by atoms with Crippen molar-refractivity contribution in [2.24, 2.45) is 0 Å². The van der Waals surface area contributed by atoms with Gasteiger partial charge < -0.3 is 9.73 Å². The third-order valence-corrected chi connectivity index (χ3v) is 4.14. The van der Waals surface area contributed by atoms with E-state index in [4.69, 9.17) is 4.42 Å². The van der Waals surface area contributed by atoms with Crippen molar-refractivity contribution in [2.45, 2.75) is 39.3 Å². The smallest absolute Gasteiger partial charge is 0.238 e. The molecule has 1 N–H and O–H groups in total. The number of nitrogens with one attached hydrogen (secondary N) is 1. The maximum Gasteiger partial charge on any atom is 0.238 e. The molecule has 1 aromatic carbocycles. The average molecular weight is 298 g/mol. The highest BCUT2D eigenvalue weighted by Gasteiger charge is 2.30. The van der Waals surface area contributed by atoms with Crippen LogP contribution in [0.15, 0.2) is 41.0 Å². The Balaban J connectivity index is 1.60. The molecule has 1 fully saturated rings. The molecule has 1 aromatic heterocycles. The van der Waals surface area contributed by atoms with Gasteiger partial charge in [-0.25, -0.2) is 0 Å². The molecule has 1 heterocycles. The zero-order chi connectivity index (χ0) is 15.5. The highest BCUT2D eigenvalue weighted by molar-refractivity contribution is 5.92. The number of amides is 1. The van der Waals surface area contributed by atoms with Crippen molar-refractivity contribution < 1.29 is 9.21 Å². The number of rotatable bonds is 6. The van der Waals surface area contributed by atoms with Gasteiger partial charge in [-0.2, -0.15) is 0 Å². The SMILES string of the molecule is Cc1ccc(NC(=O)CN(Cc2ccco2)C2CC2)cc1C. The molecule has 0 saturated heterocycles. The summed E-state index contributed by atoms with van der Waals surface area (Å²) in [6, 6.07) is 10.4. The van der Waals surface area contributed by atoms with Gasteiger partial charge in [-0.3, -0.25) is 9.69 Å². The zero-order valence-electron chi connectivity index (χ0n) is 13.1. The van der Waals surface area contributed by atoms with Crippen LogP contribution in [0.25, 0.3) is 0 Å². The van der Waals surface area contributed by atoms with Gasteiger partial charge >= 0.3 is 0 Å². The molecule has 0 aliphatic heterocycles. The molecule has 22 heavy (non-hydrogen) atoms. The molecule has 0 spiro atoms. The van der Waals surface area contributed by atoms with Gasteiger partial charge in [0.05, 0.1) is 19.4 Å². The minimum Gasteiger partial charge on any atom is -0.468 e. The van der Waals surface area contributed by atoms with Crippen LogP contribution in [-0.4, -0.2) is 23.4 Å². The molecule has 116 valence electrons. The van der Waals surface area contributed by atoms with Crippen LogP contribution < -0.4 is 5.32 Å². The number of anilines is 1. The first-order chi connectivity index (χ1) is 10.6. The van der Waals surface area contributed by atoms with E-state index in [-0.39, 0.29) is 5.91 Å². The molecule has 0 bridgehead atoms. The lowest BCUT2D eigenvalue weighted by molar-refractivity contribution is -0.117. The van der Waals surface area contributed by atoms with Crippen molar-refractivity contribution in [3.8, 4) is 0 Å². The van der Waals surface area contributed by atoms with Crippen LogP contribution in [-0.2, 0) is 11.3 Å². The third-order valence-electron chi connectivity index (χ3n) is 4.14. The van der Waals surface area contributed by atoms with Gasteiger partial charge in [0.1, 0.15) is 5.76 Å². The Bertz CT molecular complexity index is 645. The summed E-state index contributed by atoms with van der Waals surface area (Å²) < 4.78 is 5.40. The number of aryl methyl sites for hydroxylation is 2. The molecular formula is C18H22N2O2. The standard InChI is InChI=1S/C18H22N2O2/c1-13-5-6-15(10-14(13)2)19-18(21)12-20(16-7-8-16)11-17-4-3-9-22-17/h3-6,9-10,16H,7-8,11-12H2,1-2H3,(H,19,21). The number of nitrogens with zero attached hydrogens (tertiary/aromatic N) is 1. The molecule has 1 saturated carbocycles. The first-order valence-corrected chi connectivity index (χ1v) is 7.75. The Morgan fingerprint density at radius 3 is 2.73 bits per heavy atom. The zero-order valence-corrected chi connectivity index (χ0v) is 13.1. The van der Waals surface area contributed by atoms with Gasteiger partial charge in [0.15, 0.2) is 0 Å². The number of hydrogen-bond acceptors (Lipinski definition) is 3. The van der Waals surface area contributed by atoms with Gasteiger partial charge in [-0.1, -0.05) is 6.07 Å². The van der Waals surface area contributed by atoms with Gasteiger partial charge in [-0.05, 0) is 62.1 Å². The van der Waals surface area contributed by atoms with Gasteiger partial charge in [0, 0.05) is 11.7 Å². The molecule has 0 radical (unpaired) electrons. The monoisotopic (exact) mass is 298 g/mol. The fourth-order valence-corrected chi connectivity index (χ4v) is 2.56. The number of carbonyl (C=O) groups excluding carboxylic acids is 1. The van der Waals surface area contributed by atoms with Crippen molar-refractivity contribution in [3.05, 3.63) is 53.5 Å². The largest absolute Gasteiger partial charge is 0.468 e. The van der Waals surface area contributed by atoms with Crippen LogP contribution in [0.4, 0.5) is 5.69 Å². The second kappa shape index (κ2) is 6.36. The predicted molar refractivity (Wildman–Crippen MR) is 86.7 cm³/mol. The van der Waals surface area contributed by atoms with Gasteiger partial charge in [-0.15, -0.1) is 0 Å². The Hall–Kier alpha value is -2.07. The topological polar surface area (TPSA) is 45.5 Å². The van der Waals surface area contributed by atoms with E-state index in [9.17, 15) is 4.79 Å². The maximum atomic E-state index is 12.3. The second-order valence-electron chi connectivity index (χ2n) is 6.06. The van der Waals surface area contributed by atoms with Crippen LogP contribution in [0.2, 0.25) is 0 Å². The first-order valence-electron chi connectivity index (χ1n) is 7.75. The van der Waals surface area contributed by atoms with Crippen molar-refractivity contribution in [2.75, 3.05) is 11.9 Å². The van der Waals surface area contributed by atoms with E-state index in [1.807, 2.05) is 30.3 Å². The van der Waals surface area contributed by atoms with E-state index in [0.717, 1.165) is 24.3 Å². The lowest BCUT2D eigenvalue weighted by Crippen LogP contribution is -2.34. The van der Waals surface area contributed by atoms with Crippen LogP contribution in [0, 0.1) is 13.8 Å². The maximum absolute atomic E-state index is 12.3. The quantitative estimate of drug-likeness (QED) is 0.888. The molecule has 0 unspecified atom stereocenters. The van der Waals surface area contributed by atoms with Gasteiger partial charge in [0.2, 0.25) is 5.91 Å².